The molecule has 1 aromatic carbocycles. The molecule has 1 rings (SSSR count). The molecule has 0 atom stereocenters. The van der Waals surface area contributed by atoms with Gasteiger partial charge >= 0.3 is 5.97 Å². The number of hydrogen-bond donors (Lipinski definition) is 2. The van der Waals surface area contributed by atoms with Crippen LogP contribution in [0.2, 0.25) is 15.1 Å². The zero-order chi connectivity index (χ0) is 14.3. The molecule has 3 nitrogen and oxygen atoms in total. The molecule has 0 aromatic heterocycles. The van der Waals surface area contributed by atoms with Crippen LogP contribution in [0.3, 0.4) is 0 Å². The average molecular weight is 312 g/mol. The van der Waals surface area contributed by atoms with Crippen molar-refractivity contribution in [2.75, 3.05) is 0 Å². The molecule has 0 aliphatic rings. The molecular formula is C12H13Cl3O3. The van der Waals surface area contributed by atoms with Gasteiger partial charge in [0.2, 0.25) is 0 Å². The van der Waals surface area contributed by atoms with Gasteiger partial charge in [-0.3, -0.25) is 0 Å². The fourth-order valence-electron chi connectivity index (χ4n) is 1.10. The number of phenolic OH excluding ortho intramolecular Hbond substituents is 1. The van der Waals surface area contributed by atoms with E-state index in [1.54, 1.807) is 0 Å². The molecule has 0 aliphatic carbocycles. The maximum Gasteiger partial charge on any atom is 0.327 e. The third kappa shape index (κ3) is 5.17. The second kappa shape index (κ2) is 8.25. The lowest BCUT2D eigenvalue weighted by molar-refractivity contribution is -0.131. The van der Waals surface area contributed by atoms with Crippen LogP contribution in [-0.4, -0.2) is 16.2 Å². The Balaban J connectivity index is 0.000000494. The molecule has 0 amide bonds. The van der Waals surface area contributed by atoms with Crippen molar-refractivity contribution in [2.45, 2.75) is 19.8 Å². The van der Waals surface area contributed by atoms with Gasteiger partial charge in [-0.15, -0.1) is 0 Å². The molecule has 18 heavy (non-hydrogen) atoms. The minimum atomic E-state index is -0.981. The van der Waals surface area contributed by atoms with Gasteiger partial charge in [-0.05, 0) is 18.1 Å². The highest BCUT2D eigenvalue weighted by molar-refractivity contribution is 6.41. The fourth-order valence-corrected chi connectivity index (χ4v) is 2.05. The summed E-state index contributed by atoms with van der Waals surface area (Å²) in [5.41, 5.74) is 0.757. The molecule has 0 fully saturated rings. The van der Waals surface area contributed by atoms with Crippen LogP contribution >= 0.6 is 34.8 Å². The lowest BCUT2D eigenvalue weighted by Crippen LogP contribution is -1.88. The number of halogens is 3. The number of rotatable bonds is 3. The molecule has 0 bridgehead atoms. The maximum absolute atomic E-state index is 9.42. The summed E-state index contributed by atoms with van der Waals surface area (Å²) in [6.45, 7) is 4.97. The minimum Gasteiger partial charge on any atom is -0.505 e. The summed E-state index contributed by atoms with van der Waals surface area (Å²) < 4.78 is 0. The number of hydrogen-bond acceptors (Lipinski definition) is 2. The Morgan fingerprint density at radius 1 is 1.39 bits per heavy atom. The monoisotopic (exact) mass is 310 g/mol. The van der Waals surface area contributed by atoms with E-state index in [0.717, 1.165) is 24.5 Å². The van der Waals surface area contributed by atoms with Crippen LogP contribution in [0.5, 0.6) is 5.75 Å². The third-order valence-electron chi connectivity index (χ3n) is 1.92. The van der Waals surface area contributed by atoms with E-state index in [4.69, 9.17) is 39.9 Å². The maximum atomic E-state index is 9.42. The summed E-state index contributed by atoms with van der Waals surface area (Å²) in [5, 5.41) is 18.0. The Bertz CT molecular complexity index is 445. The summed E-state index contributed by atoms with van der Waals surface area (Å²) in [6.07, 6.45) is 2.49. The molecule has 0 aliphatic heterocycles. The van der Waals surface area contributed by atoms with E-state index in [9.17, 15) is 9.90 Å². The highest BCUT2D eigenvalue weighted by Crippen LogP contribution is 2.39. The van der Waals surface area contributed by atoms with Gasteiger partial charge in [-0.2, -0.15) is 0 Å². The zero-order valence-corrected chi connectivity index (χ0v) is 12.0. The van der Waals surface area contributed by atoms with Crippen molar-refractivity contribution < 1.29 is 15.0 Å². The van der Waals surface area contributed by atoms with E-state index >= 15 is 0 Å². The van der Waals surface area contributed by atoms with E-state index in [0.29, 0.717) is 5.02 Å². The number of aromatic hydroxyl groups is 1. The quantitative estimate of drug-likeness (QED) is 0.804. The Morgan fingerprint density at radius 2 is 1.89 bits per heavy atom. The Kier molecular flexibility index (Phi) is 7.83. The first-order valence-electron chi connectivity index (χ1n) is 5.05. The van der Waals surface area contributed by atoms with Crippen LogP contribution in [-0.2, 0) is 11.2 Å². The Labute approximate surface area is 121 Å². The normalized spacial score (nSPS) is 9.33. The van der Waals surface area contributed by atoms with Crippen LogP contribution in [0, 0.1) is 0 Å². The number of carboxylic acids is 1. The van der Waals surface area contributed by atoms with Crippen molar-refractivity contribution in [2.24, 2.45) is 0 Å². The lowest BCUT2D eigenvalue weighted by atomic mass is 10.1. The summed E-state index contributed by atoms with van der Waals surface area (Å²) in [5.74, 6) is -1.07. The van der Waals surface area contributed by atoms with Crippen LogP contribution in [0.25, 0.3) is 0 Å². The first-order chi connectivity index (χ1) is 8.34. The first-order valence-corrected chi connectivity index (χ1v) is 6.19. The van der Waals surface area contributed by atoms with Crippen LogP contribution in [0.4, 0.5) is 0 Å². The van der Waals surface area contributed by atoms with E-state index < -0.39 is 5.97 Å². The molecule has 1 aromatic rings. The lowest BCUT2D eigenvalue weighted by Gasteiger charge is -2.08. The van der Waals surface area contributed by atoms with Crippen molar-refractivity contribution in [3.05, 3.63) is 39.4 Å². The molecule has 0 radical (unpaired) electrons. The molecule has 6 heteroatoms. The molecule has 100 valence electrons. The van der Waals surface area contributed by atoms with Crippen molar-refractivity contribution in [3.63, 3.8) is 0 Å². The molecule has 0 spiro atoms. The van der Waals surface area contributed by atoms with Crippen molar-refractivity contribution in [3.8, 4) is 5.75 Å². The van der Waals surface area contributed by atoms with Crippen molar-refractivity contribution >= 4 is 40.8 Å². The second-order valence-corrected chi connectivity index (χ2v) is 4.47. The molecule has 0 saturated carbocycles. The Morgan fingerprint density at radius 3 is 2.28 bits per heavy atom. The van der Waals surface area contributed by atoms with E-state index in [1.165, 1.54) is 6.07 Å². The number of phenols is 1. The van der Waals surface area contributed by atoms with E-state index in [1.807, 2.05) is 6.92 Å². The van der Waals surface area contributed by atoms with Crippen molar-refractivity contribution in [1.82, 2.24) is 0 Å². The van der Waals surface area contributed by atoms with Gasteiger partial charge in [0.1, 0.15) is 0 Å². The number of carbonyl (C=O) groups is 1. The third-order valence-corrected chi connectivity index (χ3v) is 2.95. The van der Waals surface area contributed by atoms with Gasteiger partial charge in [0.15, 0.2) is 5.75 Å². The highest BCUT2D eigenvalue weighted by atomic mass is 35.5. The number of benzene rings is 1. The van der Waals surface area contributed by atoms with Crippen LogP contribution < -0.4 is 0 Å². The van der Waals surface area contributed by atoms with E-state index in [-0.39, 0.29) is 15.8 Å². The number of carboxylic acid groups (broad SMARTS) is 1. The standard InChI is InChI=1S/C9H9Cl3O.C3H4O2/c1-2-3-5-6(10)4-7(11)9(13)8(5)12;1-2-3(4)5/h4,13H,2-3H2,1H3;2H,1H2,(H,4,5). The topological polar surface area (TPSA) is 57.5 Å². The first kappa shape index (κ1) is 17.1. The molecular weight excluding hydrogens is 298 g/mol. The zero-order valence-electron chi connectivity index (χ0n) is 9.71. The predicted molar refractivity (Wildman–Crippen MR) is 75.0 cm³/mol. The average Bonchev–Trinajstić information content (AvgIpc) is 2.32. The van der Waals surface area contributed by atoms with Gasteiger partial charge in [0, 0.05) is 11.1 Å². The Hall–Kier alpha value is -0.900. The molecule has 0 heterocycles. The largest absolute Gasteiger partial charge is 0.505 e. The van der Waals surface area contributed by atoms with Crippen molar-refractivity contribution in [1.29, 1.82) is 0 Å². The molecule has 0 saturated heterocycles. The predicted octanol–water partition coefficient (Wildman–Crippen LogP) is 4.56. The van der Waals surface area contributed by atoms with Crippen LogP contribution in [0.1, 0.15) is 18.9 Å². The van der Waals surface area contributed by atoms with E-state index in [2.05, 4.69) is 6.58 Å². The van der Waals surface area contributed by atoms with Gasteiger partial charge in [-0.25, -0.2) is 4.79 Å². The summed E-state index contributed by atoms with van der Waals surface area (Å²) in [7, 11) is 0. The summed E-state index contributed by atoms with van der Waals surface area (Å²) in [4.78, 5) is 9.25. The van der Waals surface area contributed by atoms with Gasteiger partial charge in [0.05, 0.1) is 10.0 Å². The highest BCUT2D eigenvalue weighted by Gasteiger charge is 2.13. The summed E-state index contributed by atoms with van der Waals surface area (Å²) >= 11 is 17.4. The molecule has 2 N–H and O–H groups in total. The van der Waals surface area contributed by atoms with Crippen LogP contribution in [0.15, 0.2) is 18.7 Å². The second-order valence-electron chi connectivity index (χ2n) is 3.27. The minimum absolute atomic E-state index is 0.0869. The number of aliphatic carboxylic acids is 1. The SMILES string of the molecule is C=CC(=O)O.CCCc1c(Cl)cc(Cl)c(O)c1Cl. The smallest absolute Gasteiger partial charge is 0.327 e. The molecule has 0 unspecified atom stereocenters. The van der Waals surface area contributed by atoms with Gasteiger partial charge in [-0.1, -0.05) is 54.7 Å². The summed E-state index contributed by atoms with van der Waals surface area (Å²) in [6, 6.07) is 1.51. The van der Waals surface area contributed by atoms with Gasteiger partial charge < -0.3 is 10.2 Å². The van der Waals surface area contributed by atoms with Gasteiger partial charge in [0.25, 0.3) is 0 Å². The fraction of sp³-hybridized carbons (Fsp3) is 0.250.